The monoisotopic (exact) mass is 251 g/mol. The van der Waals surface area contributed by atoms with E-state index in [0.29, 0.717) is 6.04 Å². The van der Waals surface area contributed by atoms with Crippen LogP contribution in [0.4, 0.5) is 0 Å². The van der Waals surface area contributed by atoms with Gasteiger partial charge in [-0.1, -0.05) is 25.1 Å². The van der Waals surface area contributed by atoms with Crippen molar-refractivity contribution >= 4 is 0 Å². The summed E-state index contributed by atoms with van der Waals surface area (Å²) >= 11 is 0. The maximum absolute atomic E-state index is 5.45. The molecule has 1 N–H and O–H groups in total. The topological polar surface area (TPSA) is 30.5 Å². The zero-order valence-electron chi connectivity index (χ0n) is 11.9. The van der Waals surface area contributed by atoms with Gasteiger partial charge in [-0.15, -0.1) is 0 Å². The molecule has 0 spiro atoms. The Morgan fingerprint density at radius 2 is 1.94 bits per heavy atom. The number of hydrogen-bond donors (Lipinski definition) is 1. The molecule has 3 nitrogen and oxygen atoms in total. The lowest BCUT2D eigenvalue weighted by molar-refractivity contribution is 0.0829. The first-order chi connectivity index (χ1) is 8.72. The van der Waals surface area contributed by atoms with Crippen LogP contribution in [0, 0.1) is 0 Å². The molecule has 0 amide bonds. The summed E-state index contributed by atoms with van der Waals surface area (Å²) in [6.07, 6.45) is 2.22. The van der Waals surface area contributed by atoms with E-state index in [4.69, 9.17) is 9.47 Å². The summed E-state index contributed by atoms with van der Waals surface area (Å²) in [6.45, 7) is 5.28. The summed E-state index contributed by atoms with van der Waals surface area (Å²) in [5.41, 5.74) is 1.22. The van der Waals surface area contributed by atoms with Crippen LogP contribution in [0.15, 0.2) is 24.3 Å². The summed E-state index contributed by atoms with van der Waals surface area (Å²) in [5.74, 6) is 0.948. The fraction of sp³-hybridized carbons (Fsp3) is 0.600. The third-order valence-corrected chi connectivity index (χ3v) is 3.23. The van der Waals surface area contributed by atoms with Crippen LogP contribution in [0.25, 0.3) is 0 Å². The first-order valence-corrected chi connectivity index (χ1v) is 6.61. The fourth-order valence-electron chi connectivity index (χ4n) is 2.01. The maximum Gasteiger partial charge on any atom is 0.122 e. The number of rotatable bonds is 8. The lowest BCUT2D eigenvalue weighted by Gasteiger charge is -2.25. The molecule has 2 atom stereocenters. The van der Waals surface area contributed by atoms with Gasteiger partial charge in [-0.2, -0.15) is 0 Å². The van der Waals surface area contributed by atoms with E-state index in [1.54, 1.807) is 14.2 Å². The third-order valence-electron chi connectivity index (χ3n) is 3.23. The van der Waals surface area contributed by atoms with Crippen LogP contribution >= 0.6 is 0 Å². The van der Waals surface area contributed by atoms with Gasteiger partial charge in [0.05, 0.1) is 13.2 Å². The van der Waals surface area contributed by atoms with E-state index in [2.05, 4.69) is 25.2 Å². The second kappa shape index (κ2) is 8.11. The van der Waals surface area contributed by atoms with Crippen molar-refractivity contribution in [3.05, 3.63) is 29.8 Å². The molecule has 2 unspecified atom stereocenters. The summed E-state index contributed by atoms with van der Waals surface area (Å²) in [6, 6.07) is 8.47. The van der Waals surface area contributed by atoms with E-state index in [-0.39, 0.29) is 6.10 Å². The van der Waals surface area contributed by atoms with Gasteiger partial charge in [-0.05, 0) is 37.9 Å². The van der Waals surface area contributed by atoms with E-state index < -0.39 is 0 Å². The van der Waals surface area contributed by atoms with Crippen molar-refractivity contribution in [2.75, 3.05) is 20.8 Å². The smallest absolute Gasteiger partial charge is 0.122 e. The number of methoxy groups -OCH3 is 2. The second-order valence-corrected chi connectivity index (χ2v) is 4.52. The predicted molar refractivity (Wildman–Crippen MR) is 75.3 cm³/mol. The minimum Gasteiger partial charge on any atom is -0.496 e. The highest BCUT2D eigenvalue weighted by atomic mass is 16.5. The third kappa shape index (κ3) is 4.31. The number of nitrogens with one attached hydrogen (secondary N) is 1. The van der Waals surface area contributed by atoms with Crippen molar-refractivity contribution < 1.29 is 9.47 Å². The molecule has 0 aliphatic carbocycles. The number of hydrogen-bond acceptors (Lipinski definition) is 3. The molecule has 1 aromatic carbocycles. The number of para-hydroxylation sites is 1. The minimum absolute atomic E-state index is 0.182. The van der Waals surface area contributed by atoms with Crippen molar-refractivity contribution in [3.63, 3.8) is 0 Å². The predicted octanol–water partition coefficient (Wildman–Crippen LogP) is 2.64. The Morgan fingerprint density at radius 3 is 2.56 bits per heavy atom. The molecular formula is C15H25NO2. The van der Waals surface area contributed by atoms with Crippen LogP contribution in [0.2, 0.25) is 0 Å². The van der Waals surface area contributed by atoms with Gasteiger partial charge in [-0.3, -0.25) is 0 Å². The molecule has 0 radical (unpaired) electrons. The Hall–Kier alpha value is -1.06. The first kappa shape index (κ1) is 15.0. The van der Waals surface area contributed by atoms with Gasteiger partial charge in [0.2, 0.25) is 0 Å². The average Bonchev–Trinajstić information content (AvgIpc) is 2.42. The molecule has 0 fully saturated rings. The van der Waals surface area contributed by atoms with Crippen molar-refractivity contribution in [1.82, 2.24) is 5.32 Å². The van der Waals surface area contributed by atoms with E-state index >= 15 is 0 Å². The Labute approximate surface area is 110 Å². The number of ether oxygens (including phenoxy) is 2. The van der Waals surface area contributed by atoms with E-state index in [0.717, 1.165) is 25.1 Å². The van der Waals surface area contributed by atoms with Crippen molar-refractivity contribution in [1.29, 1.82) is 0 Å². The van der Waals surface area contributed by atoms with Gasteiger partial charge in [0.1, 0.15) is 5.75 Å². The Kier molecular flexibility index (Phi) is 6.76. The molecule has 18 heavy (non-hydrogen) atoms. The van der Waals surface area contributed by atoms with Crippen molar-refractivity contribution in [3.8, 4) is 5.75 Å². The van der Waals surface area contributed by atoms with Crippen molar-refractivity contribution in [2.24, 2.45) is 0 Å². The Morgan fingerprint density at radius 1 is 1.22 bits per heavy atom. The Bertz CT molecular complexity index is 341. The molecule has 1 aromatic rings. The van der Waals surface area contributed by atoms with Gasteiger partial charge < -0.3 is 14.8 Å². The Balaban J connectivity index is 2.74. The van der Waals surface area contributed by atoms with Gasteiger partial charge in [0, 0.05) is 13.2 Å². The fourth-order valence-corrected chi connectivity index (χ4v) is 2.01. The molecule has 102 valence electrons. The number of benzene rings is 1. The zero-order chi connectivity index (χ0) is 13.4. The summed E-state index contributed by atoms with van der Waals surface area (Å²) in [5, 5.41) is 3.54. The summed E-state index contributed by atoms with van der Waals surface area (Å²) in [4.78, 5) is 0. The lowest BCUT2D eigenvalue weighted by Crippen LogP contribution is -2.41. The molecule has 1 rings (SSSR count). The van der Waals surface area contributed by atoms with Crippen LogP contribution in [0.3, 0.4) is 0 Å². The zero-order valence-corrected chi connectivity index (χ0v) is 11.9. The molecule has 0 saturated carbocycles. The average molecular weight is 251 g/mol. The summed E-state index contributed by atoms with van der Waals surface area (Å²) < 4.78 is 10.8. The van der Waals surface area contributed by atoms with Crippen LogP contribution in [-0.4, -0.2) is 32.9 Å². The molecular weight excluding hydrogens is 226 g/mol. The van der Waals surface area contributed by atoms with Gasteiger partial charge >= 0.3 is 0 Å². The quantitative estimate of drug-likeness (QED) is 0.770. The second-order valence-electron chi connectivity index (χ2n) is 4.52. The van der Waals surface area contributed by atoms with Gasteiger partial charge in [0.25, 0.3) is 0 Å². The standard InChI is InChI=1S/C15H25NO2/c1-5-10-16-14(12(2)17-3)11-13-8-6-7-9-15(13)18-4/h6-9,12,14,16H,5,10-11H2,1-4H3. The molecule has 3 heteroatoms. The SMILES string of the molecule is CCCNC(Cc1ccccc1OC)C(C)OC. The van der Waals surface area contributed by atoms with Crippen LogP contribution in [0.5, 0.6) is 5.75 Å². The highest BCUT2D eigenvalue weighted by Crippen LogP contribution is 2.20. The molecule has 0 aliphatic rings. The van der Waals surface area contributed by atoms with Crippen LogP contribution < -0.4 is 10.1 Å². The molecule has 0 aliphatic heterocycles. The molecule has 0 saturated heterocycles. The van der Waals surface area contributed by atoms with Crippen LogP contribution in [-0.2, 0) is 11.2 Å². The van der Waals surface area contributed by atoms with E-state index in [9.17, 15) is 0 Å². The van der Waals surface area contributed by atoms with Gasteiger partial charge in [0.15, 0.2) is 0 Å². The van der Waals surface area contributed by atoms with E-state index in [1.165, 1.54) is 5.56 Å². The molecule has 0 bridgehead atoms. The summed E-state index contributed by atoms with van der Waals surface area (Å²) in [7, 11) is 3.47. The highest BCUT2D eigenvalue weighted by Gasteiger charge is 2.18. The minimum atomic E-state index is 0.182. The normalized spacial score (nSPS) is 14.2. The van der Waals surface area contributed by atoms with E-state index in [1.807, 2.05) is 18.2 Å². The highest BCUT2D eigenvalue weighted by molar-refractivity contribution is 5.34. The largest absolute Gasteiger partial charge is 0.496 e. The van der Waals surface area contributed by atoms with Crippen LogP contribution in [0.1, 0.15) is 25.8 Å². The molecule has 0 aromatic heterocycles. The van der Waals surface area contributed by atoms with Crippen molar-refractivity contribution in [2.45, 2.75) is 38.8 Å². The lowest BCUT2D eigenvalue weighted by atomic mass is 10.0. The van der Waals surface area contributed by atoms with Gasteiger partial charge in [-0.25, -0.2) is 0 Å². The molecule has 0 heterocycles. The maximum atomic E-state index is 5.45. The first-order valence-electron chi connectivity index (χ1n) is 6.61.